The molecule has 1 aliphatic heterocycles. The number of hydrogen-bond donors (Lipinski definition) is 1. The maximum absolute atomic E-state index is 11.0. The first kappa shape index (κ1) is 18.5. The van der Waals surface area contributed by atoms with Gasteiger partial charge in [0.15, 0.2) is 0 Å². The van der Waals surface area contributed by atoms with Crippen molar-refractivity contribution in [3.05, 3.63) is 108 Å². The van der Waals surface area contributed by atoms with Crippen molar-refractivity contribution >= 4 is 14.7 Å². The van der Waals surface area contributed by atoms with Gasteiger partial charge in [-0.3, -0.25) is 0 Å². The molecule has 0 spiro atoms. The molecule has 3 atom stereocenters. The van der Waals surface area contributed by atoms with E-state index in [9.17, 15) is 5.11 Å². The van der Waals surface area contributed by atoms with E-state index in [-0.39, 0.29) is 0 Å². The molecule has 0 saturated carbocycles. The summed E-state index contributed by atoms with van der Waals surface area (Å²) in [5.41, 5.74) is 4.32. The Morgan fingerprint density at radius 1 is 0.741 bits per heavy atom. The lowest BCUT2D eigenvalue weighted by atomic mass is 10.0. The molecule has 0 aromatic heterocycles. The highest BCUT2D eigenvalue weighted by Crippen LogP contribution is 2.82. The van der Waals surface area contributed by atoms with Crippen molar-refractivity contribution in [2.24, 2.45) is 0 Å². The van der Waals surface area contributed by atoms with Crippen molar-refractivity contribution in [2.75, 3.05) is 6.16 Å². The Bertz CT molecular complexity index is 806. The first-order valence-electron chi connectivity index (χ1n) is 9.67. The zero-order valence-corrected chi connectivity index (χ0v) is 16.4. The molecule has 27 heavy (non-hydrogen) atoms. The van der Waals surface area contributed by atoms with Gasteiger partial charge in [-0.2, -0.15) is 0 Å². The molecular formula is C24H25BOP+. The molecule has 1 nitrogen and oxygen atoms in total. The third-order valence-electron chi connectivity index (χ3n) is 5.92. The highest BCUT2D eigenvalue weighted by Gasteiger charge is 2.54. The normalized spacial score (nSPS) is 22.4. The zero-order valence-electron chi connectivity index (χ0n) is 15.5. The number of aliphatic hydroxyl groups is 1. The van der Waals surface area contributed by atoms with Crippen LogP contribution in [0.15, 0.2) is 91.0 Å². The average Bonchev–Trinajstić information content (AvgIpc) is 3.06. The van der Waals surface area contributed by atoms with Crippen LogP contribution in [0.1, 0.15) is 47.0 Å². The summed E-state index contributed by atoms with van der Waals surface area (Å²) in [6.07, 6.45) is 2.33. The summed E-state index contributed by atoms with van der Waals surface area (Å²) in [6.45, 7) is 0. The topological polar surface area (TPSA) is 20.2 Å². The molecule has 0 unspecified atom stereocenters. The monoisotopic (exact) mass is 371 g/mol. The van der Waals surface area contributed by atoms with Crippen LogP contribution in [0.2, 0.25) is 0 Å². The van der Waals surface area contributed by atoms with Gasteiger partial charge in [0.2, 0.25) is 0 Å². The molecule has 0 aliphatic carbocycles. The van der Waals surface area contributed by atoms with Gasteiger partial charge in [-0.25, -0.2) is 0 Å². The summed E-state index contributed by atoms with van der Waals surface area (Å²) in [5.74, 6) is 0. The van der Waals surface area contributed by atoms with Crippen LogP contribution in [0.25, 0.3) is 0 Å². The molecule has 1 N–H and O–H groups in total. The Hall–Kier alpha value is -1.89. The van der Waals surface area contributed by atoms with Crippen LogP contribution in [-0.4, -0.2) is 18.8 Å². The predicted octanol–water partition coefficient (Wildman–Crippen LogP) is 6.10. The maximum Gasteiger partial charge on any atom is 0.366 e. The minimum atomic E-state index is -1.96. The molecule has 134 valence electrons. The first-order chi connectivity index (χ1) is 13.2. The fraction of sp³-hybridized carbons (Fsp3) is 0.250. The van der Waals surface area contributed by atoms with Crippen LogP contribution in [0.3, 0.4) is 0 Å². The van der Waals surface area contributed by atoms with Gasteiger partial charge >= 0.3 is 7.57 Å². The fourth-order valence-corrected chi connectivity index (χ4v) is 9.05. The van der Waals surface area contributed by atoms with Gasteiger partial charge in [0.05, 0.1) is 17.5 Å². The van der Waals surface area contributed by atoms with E-state index < -0.39 is 13.2 Å². The summed E-state index contributed by atoms with van der Waals surface area (Å²) in [5, 5.41) is 11.0. The average molecular weight is 371 g/mol. The molecule has 0 bridgehead atoms. The number of aliphatic hydroxyl groups excluding tert-OH is 1. The summed E-state index contributed by atoms with van der Waals surface area (Å²) >= 11 is 0. The number of benzene rings is 3. The minimum absolute atomic E-state index is 0.349. The summed E-state index contributed by atoms with van der Waals surface area (Å²) in [4.78, 5) is 0. The van der Waals surface area contributed by atoms with Gasteiger partial charge < -0.3 is 5.11 Å². The van der Waals surface area contributed by atoms with E-state index in [1.807, 2.05) is 30.3 Å². The van der Waals surface area contributed by atoms with Crippen molar-refractivity contribution in [3.8, 4) is 0 Å². The van der Waals surface area contributed by atoms with Crippen molar-refractivity contribution in [3.63, 3.8) is 0 Å². The largest absolute Gasteiger partial charge is 0.385 e. The molecular weight excluding hydrogens is 346 g/mol. The van der Waals surface area contributed by atoms with E-state index in [1.165, 1.54) is 11.1 Å². The van der Waals surface area contributed by atoms with Crippen LogP contribution in [0, 0.1) is 0 Å². The van der Waals surface area contributed by atoms with Crippen LogP contribution in [0.5, 0.6) is 0 Å². The van der Waals surface area contributed by atoms with Gasteiger partial charge in [0.25, 0.3) is 0 Å². The highest BCUT2D eigenvalue weighted by molar-refractivity contribution is 7.98. The van der Waals surface area contributed by atoms with E-state index in [0.717, 1.165) is 18.4 Å². The van der Waals surface area contributed by atoms with Gasteiger partial charge in [-0.1, -0.05) is 91.0 Å². The molecule has 2 radical (unpaired) electrons. The number of rotatable bonds is 5. The summed E-state index contributed by atoms with van der Waals surface area (Å²) in [6, 6.07) is 31.3. The Morgan fingerprint density at radius 2 is 1.15 bits per heavy atom. The lowest BCUT2D eigenvalue weighted by molar-refractivity contribution is 0.202. The van der Waals surface area contributed by atoms with Crippen LogP contribution in [0.4, 0.5) is 0 Å². The van der Waals surface area contributed by atoms with E-state index in [1.54, 1.807) is 0 Å². The van der Waals surface area contributed by atoms with Gasteiger partial charge in [0, 0.05) is 0 Å². The maximum atomic E-state index is 11.0. The molecule has 3 aromatic carbocycles. The van der Waals surface area contributed by atoms with Gasteiger partial charge in [0.1, 0.15) is 6.10 Å². The third-order valence-corrected chi connectivity index (χ3v) is 10.3. The van der Waals surface area contributed by atoms with Crippen molar-refractivity contribution in [1.82, 2.24) is 0 Å². The third kappa shape index (κ3) is 3.75. The number of hydrogen-bond acceptors (Lipinski definition) is 1. The summed E-state index contributed by atoms with van der Waals surface area (Å²) in [7, 11) is 5.35. The molecule has 3 heteroatoms. The molecule has 1 heterocycles. The van der Waals surface area contributed by atoms with Crippen molar-refractivity contribution in [2.45, 2.75) is 30.3 Å². The van der Waals surface area contributed by atoms with Crippen molar-refractivity contribution in [1.29, 1.82) is 0 Å². The second kappa shape index (κ2) is 8.01. The van der Waals surface area contributed by atoms with Crippen LogP contribution < -0.4 is 0 Å². The SMILES string of the molecule is [B][P+]1(C[C@@H](O)c2ccccc2)[C@@H](c2ccccc2)CC[C@@H]1c1ccccc1. The summed E-state index contributed by atoms with van der Waals surface area (Å²) < 4.78 is 0. The second-order valence-electron chi connectivity index (χ2n) is 7.53. The highest BCUT2D eigenvalue weighted by atomic mass is 31.2. The fourth-order valence-electron chi connectivity index (χ4n) is 4.59. The standard InChI is InChI=1S/C24H25BOP/c25-27(18-22(26)19-10-4-1-5-11-19)23(20-12-6-2-7-13-20)16-17-24(27)21-14-8-3-9-15-21/h1-15,22-24,26H,16-18H2/q+1/t22-,23-,24-/m1/s1. The van der Waals surface area contributed by atoms with E-state index in [4.69, 9.17) is 7.57 Å². The molecule has 0 amide bonds. The molecule has 4 rings (SSSR count). The predicted molar refractivity (Wildman–Crippen MR) is 117 cm³/mol. The van der Waals surface area contributed by atoms with Crippen LogP contribution >= 0.6 is 7.14 Å². The zero-order chi connectivity index (χ0) is 18.7. The van der Waals surface area contributed by atoms with Crippen LogP contribution in [-0.2, 0) is 0 Å². The Kier molecular flexibility index (Phi) is 5.48. The molecule has 1 saturated heterocycles. The van der Waals surface area contributed by atoms with E-state index in [0.29, 0.717) is 17.5 Å². The quantitative estimate of drug-likeness (QED) is 0.425. The lowest BCUT2D eigenvalue weighted by Gasteiger charge is -2.33. The van der Waals surface area contributed by atoms with Crippen molar-refractivity contribution < 1.29 is 5.11 Å². The Labute approximate surface area is 164 Å². The first-order valence-corrected chi connectivity index (χ1v) is 11.9. The Morgan fingerprint density at radius 3 is 1.59 bits per heavy atom. The second-order valence-corrected chi connectivity index (χ2v) is 11.1. The molecule has 1 aliphatic rings. The smallest absolute Gasteiger partial charge is 0.366 e. The van der Waals surface area contributed by atoms with E-state index in [2.05, 4.69) is 60.7 Å². The van der Waals surface area contributed by atoms with E-state index >= 15 is 0 Å². The Balaban J connectivity index is 1.71. The molecule has 1 fully saturated rings. The molecule has 3 aromatic rings. The van der Waals surface area contributed by atoms with Gasteiger partial charge in [-0.05, 0) is 36.7 Å². The lowest BCUT2D eigenvalue weighted by Crippen LogP contribution is -2.15. The van der Waals surface area contributed by atoms with Gasteiger partial charge in [-0.15, -0.1) is 0 Å². The minimum Gasteiger partial charge on any atom is -0.385 e.